The third-order valence-electron chi connectivity index (χ3n) is 12.7. The predicted octanol–water partition coefficient (Wildman–Crippen LogP) is 14.2. The van der Waals surface area contributed by atoms with Gasteiger partial charge in [-0.1, -0.05) is 93.4 Å². The van der Waals surface area contributed by atoms with Gasteiger partial charge in [-0.15, -0.1) is 0 Å². The number of nitrogens with zero attached hydrogens (tertiary/aromatic N) is 2. The third kappa shape index (κ3) is 6.57. The zero-order valence-electron chi connectivity index (χ0n) is 35.8. The van der Waals surface area contributed by atoms with Gasteiger partial charge in [0.2, 0.25) is 0 Å². The van der Waals surface area contributed by atoms with Crippen LogP contribution in [0.2, 0.25) is 0 Å². The van der Waals surface area contributed by atoms with Crippen LogP contribution in [-0.4, -0.2) is 9.13 Å². The van der Waals surface area contributed by atoms with Crippen LogP contribution in [0.5, 0.6) is 0 Å². The molecule has 7 aromatic rings. The molecule has 9 rings (SSSR count). The Morgan fingerprint density at radius 2 is 1.21 bits per heavy atom. The molecule has 5 aromatic carbocycles. The summed E-state index contributed by atoms with van der Waals surface area (Å²) in [5.41, 5.74) is 31.5. The van der Waals surface area contributed by atoms with E-state index < -0.39 is 0 Å². The molecule has 0 saturated heterocycles. The number of hydrogen-bond donors (Lipinski definition) is 2. The minimum absolute atomic E-state index is 0.599. The molecule has 4 heteroatoms. The molecule has 296 valence electrons. The van der Waals surface area contributed by atoms with E-state index in [4.69, 9.17) is 11.5 Å². The Hall–Kier alpha value is -5.74. The highest BCUT2D eigenvalue weighted by Gasteiger charge is 2.28. The fourth-order valence-electron chi connectivity index (χ4n) is 10.6. The molecular weight excluding hydrogens is 705 g/mol. The van der Waals surface area contributed by atoms with Crippen molar-refractivity contribution in [3.8, 4) is 22.3 Å². The van der Waals surface area contributed by atoms with Crippen LogP contribution in [0.4, 0.5) is 0 Å². The van der Waals surface area contributed by atoms with E-state index >= 15 is 0 Å². The van der Waals surface area contributed by atoms with Crippen LogP contribution < -0.4 is 11.5 Å². The Morgan fingerprint density at radius 3 is 1.88 bits per heavy atom. The number of fused-ring (bicyclic) bond motifs is 10. The number of nitrogens with two attached hydrogens (primary N) is 2. The van der Waals surface area contributed by atoms with Gasteiger partial charge in [0.15, 0.2) is 0 Å². The zero-order valence-corrected chi connectivity index (χ0v) is 35.8. The highest BCUT2D eigenvalue weighted by Crippen LogP contribution is 2.47. The monoisotopic (exact) mass is 764 g/mol. The van der Waals surface area contributed by atoms with E-state index in [-0.39, 0.29) is 0 Å². The van der Waals surface area contributed by atoms with Crippen LogP contribution in [0, 0.1) is 25.7 Å². The highest BCUT2D eigenvalue weighted by atomic mass is 15.0. The Labute approximate surface area is 345 Å². The summed E-state index contributed by atoms with van der Waals surface area (Å²) < 4.78 is 4.77. The summed E-state index contributed by atoms with van der Waals surface area (Å²) in [5, 5.41) is 5.12. The van der Waals surface area contributed by atoms with E-state index in [1.54, 1.807) is 12.4 Å². The highest BCUT2D eigenvalue weighted by molar-refractivity contribution is 6.15. The lowest BCUT2D eigenvalue weighted by Gasteiger charge is -2.31. The predicted molar refractivity (Wildman–Crippen MR) is 253 cm³/mol. The van der Waals surface area contributed by atoms with Crippen LogP contribution in [-0.2, 0) is 12.8 Å². The second-order valence-electron chi connectivity index (χ2n) is 16.9. The molecule has 0 spiro atoms. The summed E-state index contributed by atoms with van der Waals surface area (Å²) in [7, 11) is 0. The first-order valence-electron chi connectivity index (χ1n) is 21.6. The van der Waals surface area contributed by atoms with Gasteiger partial charge in [0.25, 0.3) is 0 Å². The van der Waals surface area contributed by atoms with Crippen molar-refractivity contribution >= 4 is 55.0 Å². The van der Waals surface area contributed by atoms with E-state index in [1.807, 2.05) is 13.8 Å². The zero-order chi connectivity index (χ0) is 40.8. The number of rotatable bonds is 6. The van der Waals surface area contributed by atoms with E-state index in [9.17, 15) is 0 Å². The van der Waals surface area contributed by atoms with Crippen molar-refractivity contribution in [2.75, 3.05) is 0 Å². The standard InChI is InChI=1S/C52H54N4.C2H6/c1-7-9-40(29-53)55-49-17-12-36(39-23-33(5)20-34(6)24-39)26-47(49)48-27-37-11-14-43-42(45(37)28-51(48)55)15-16-44-46-25-35(38-21-31(3)19-32(4)22-38)13-18-50(46)56(52(43)44)41(30-54)10-8-2;1-2/h7-10,12-13,15-19,21-22,25-30,33-34,39H,11,14,20,23-24,53-54H2,1-6H3;1-2H3/b9-7-,10-8-,40-29+,41-30+;. The van der Waals surface area contributed by atoms with Crippen molar-refractivity contribution in [2.45, 2.75) is 93.4 Å². The molecule has 2 aliphatic carbocycles. The lowest BCUT2D eigenvalue weighted by atomic mass is 9.74. The molecule has 4 N–H and O–H groups in total. The van der Waals surface area contributed by atoms with Gasteiger partial charge in [0.1, 0.15) is 0 Å². The van der Waals surface area contributed by atoms with Gasteiger partial charge >= 0.3 is 0 Å². The summed E-state index contributed by atoms with van der Waals surface area (Å²) in [6, 6.07) is 30.7. The van der Waals surface area contributed by atoms with Crippen molar-refractivity contribution in [2.24, 2.45) is 23.3 Å². The topological polar surface area (TPSA) is 61.9 Å². The summed E-state index contributed by atoms with van der Waals surface area (Å²) in [6.07, 6.45) is 17.7. The van der Waals surface area contributed by atoms with Gasteiger partial charge < -0.3 is 20.6 Å². The number of allylic oxidation sites excluding steroid dienone is 6. The Bertz CT molecular complexity index is 2800. The van der Waals surface area contributed by atoms with Crippen LogP contribution in [0.1, 0.15) is 94.5 Å². The number of benzene rings is 5. The summed E-state index contributed by atoms with van der Waals surface area (Å²) in [6.45, 7) is 17.3. The molecule has 0 radical (unpaired) electrons. The van der Waals surface area contributed by atoms with E-state index in [0.717, 1.165) is 36.1 Å². The molecule has 0 aliphatic heterocycles. The first-order valence-corrected chi connectivity index (χ1v) is 21.6. The molecule has 2 aromatic heterocycles. The molecule has 58 heavy (non-hydrogen) atoms. The molecular formula is C54H60N4. The van der Waals surface area contributed by atoms with Crippen molar-refractivity contribution in [3.05, 3.63) is 143 Å². The normalized spacial score (nSPS) is 18.7. The molecule has 1 fully saturated rings. The second-order valence-corrected chi connectivity index (χ2v) is 16.9. The van der Waals surface area contributed by atoms with Gasteiger partial charge in [-0.25, -0.2) is 0 Å². The molecule has 2 heterocycles. The molecule has 0 bridgehead atoms. The Morgan fingerprint density at radius 1 is 0.586 bits per heavy atom. The summed E-state index contributed by atoms with van der Waals surface area (Å²) in [4.78, 5) is 0. The molecule has 4 nitrogen and oxygen atoms in total. The van der Waals surface area contributed by atoms with Crippen molar-refractivity contribution in [1.82, 2.24) is 9.13 Å². The number of aryl methyl sites for hydroxylation is 4. The van der Waals surface area contributed by atoms with Gasteiger partial charge in [-0.05, 0) is 165 Å². The lowest BCUT2D eigenvalue weighted by molar-refractivity contribution is 0.268. The Kier molecular flexibility index (Phi) is 10.7. The van der Waals surface area contributed by atoms with Crippen LogP contribution in [0.3, 0.4) is 0 Å². The van der Waals surface area contributed by atoms with Crippen molar-refractivity contribution in [1.29, 1.82) is 0 Å². The molecule has 2 unspecified atom stereocenters. The van der Waals surface area contributed by atoms with Crippen molar-refractivity contribution < 1.29 is 0 Å². The lowest BCUT2D eigenvalue weighted by Crippen LogP contribution is -2.18. The van der Waals surface area contributed by atoms with Gasteiger partial charge in [0, 0.05) is 33.9 Å². The maximum absolute atomic E-state index is 6.43. The maximum atomic E-state index is 6.43. The molecule has 2 aliphatic rings. The van der Waals surface area contributed by atoms with Gasteiger partial charge in [-0.2, -0.15) is 0 Å². The second kappa shape index (κ2) is 15.9. The first kappa shape index (κ1) is 39.1. The largest absolute Gasteiger partial charge is 0.403 e. The SMILES string of the molecule is C/C=C\C(=C/N)n1c2ccc(C3CC(C)CC(C)C3)cc2c2cc3c(cc21)-c1ccc2c4cc(-c5cc(C)cc(C)c5)ccc4n(C(/C=C\C)=C/N)c2c1CC3.CC. The minimum Gasteiger partial charge on any atom is -0.403 e. The summed E-state index contributed by atoms with van der Waals surface area (Å²) in [5.74, 6) is 2.11. The van der Waals surface area contributed by atoms with Crippen molar-refractivity contribution in [3.63, 3.8) is 0 Å². The van der Waals surface area contributed by atoms with Crippen LogP contribution in [0.25, 0.3) is 77.3 Å². The van der Waals surface area contributed by atoms with Gasteiger partial charge in [-0.3, -0.25) is 0 Å². The average Bonchev–Trinajstić information content (AvgIpc) is 3.72. The van der Waals surface area contributed by atoms with Crippen LogP contribution in [0.15, 0.2) is 116 Å². The smallest absolute Gasteiger partial charge is 0.0613 e. The fourth-order valence-corrected chi connectivity index (χ4v) is 10.6. The third-order valence-corrected chi connectivity index (χ3v) is 12.7. The van der Waals surface area contributed by atoms with Crippen LogP contribution >= 0.6 is 0 Å². The number of hydrogen-bond acceptors (Lipinski definition) is 2. The molecule has 2 atom stereocenters. The van der Waals surface area contributed by atoms with E-state index in [2.05, 4.69) is 154 Å². The van der Waals surface area contributed by atoms with Gasteiger partial charge in [0.05, 0.1) is 33.5 Å². The van der Waals surface area contributed by atoms with E-state index in [1.165, 1.54) is 113 Å². The molecule has 1 saturated carbocycles. The number of aromatic nitrogens is 2. The van der Waals surface area contributed by atoms with E-state index in [0.29, 0.717) is 5.92 Å². The quantitative estimate of drug-likeness (QED) is 0.166. The molecule has 0 amide bonds. The fraction of sp³-hybridized carbons (Fsp3) is 0.296. The maximum Gasteiger partial charge on any atom is 0.0613 e. The first-order chi connectivity index (χ1) is 28.2. The Balaban J connectivity index is 0.00000231. The minimum atomic E-state index is 0.599. The summed E-state index contributed by atoms with van der Waals surface area (Å²) >= 11 is 0. The average molecular weight is 765 g/mol.